The minimum absolute atomic E-state index is 0.411. The van der Waals surface area contributed by atoms with Gasteiger partial charge >= 0.3 is 0 Å². The van der Waals surface area contributed by atoms with Crippen LogP contribution in [0.3, 0.4) is 0 Å². The number of nitrogens with one attached hydrogen (secondary N) is 2. The summed E-state index contributed by atoms with van der Waals surface area (Å²) in [6.07, 6.45) is 4.87. The maximum atomic E-state index is 6.08. The number of piperidine rings is 1. The Hall–Kier alpha value is -1.63. The zero-order valence-electron chi connectivity index (χ0n) is 16.9. The van der Waals surface area contributed by atoms with Gasteiger partial charge in [-0.05, 0) is 79.7 Å². The van der Waals surface area contributed by atoms with Gasteiger partial charge in [-0.25, -0.2) is 15.0 Å². The number of hydrogen-bond donors (Lipinski definition) is 3. The Bertz CT molecular complexity index is 1010. The summed E-state index contributed by atoms with van der Waals surface area (Å²) in [4.78, 5) is 14.4. The lowest BCUT2D eigenvalue weighted by Gasteiger charge is -2.23. The molecule has 0 bridgehead atoms. The first-order valence-electron chi connectivity index (χ1n) is 10.1. The number of halogens is 1. The summed E-state index contributed by atoms with van der Waals surface area (Å²) < 4.78 is 8.69. The summed E-state index contributed by atoms with van der Waals surface area (Å²) in [5, 5.41) is 7.95. The molecule has 0 unspecified atom stereocenters. The van der Waals surface area contributed by atoms with Crippen LogP contribution in [-0.4, -0.2) is 52.3 Å². The first kappa shape index (κ1) is 21.6. The predicted molar refractivity (Wildman–Crippen MR) is 128 cm³/mol. The summed E-state index contributed by atoms with van der Waals surface area (Å²) in [5.74, 6) is 1.24. The Kier molecular flexibility index (Phi) is 7.28. The number of rotatable bonds is 8. The van der Waals surface area contributed by atoms with Gasteiger partial charge in [0, 0.05) is 21.1 Å². The molecule has 30 heavy (non-hydrogen) atoms. The second-order valence-electron chi connectivity index (χ2n) is 7.21. The third-order valence-electron chi connectivity index (χ3n) is 5.20. The number of fused-ring (bicyclic) bond motifs is 1. The Morgan fingerprint density at radius 3 is 2.97 bits per heavy atom. The molecule has 0 atom stereocenters. The fourth-order valence-electron chi connectivity index (χ4n) is 3.57. The van der Waals surface area contributed by atoms with Gasteiger partial charge in [0.05, 0.1) is 7.11 Å². The first-order chi connectivity index (χ1) is 14.7. The van der Waals surface area contributed by atoms with E-state index >= 15 is 0 Å². The van der Waals surface area contributed by atoms with E-state index < -0.39 is 0 Å². The van der Waals surface area contributed by atoms with Crippen molar-refractivity contribution in [3.05, 3.63) is 28.1 Å². The molecule has 0 saturated carbocycles. The maximum Gasteiger partial charge on any atom is 0.175 e. The lowest BCUT2D eigenvalue weighted by Crippen LogP contribution is -2.40. The van der Waals surface area contributed by atoms with Crippen LogP contribution in [0.4, 0.5) is 5.82 Å². The average Bonchev–Trinajstić information content (AvgIpc) is 3.12. The Labute approximate surface area is 193 Å². The van der Waals surface area contributed by atoms with Crippen molar-refractivity contribution in [3.8, 4) is 5.75 Å². The topological polar surface area (TPSA) is 103 Å². The Morgan fingerprint density at radius 2 is 2.17 bits per heavy atom. The highest BCUT2D eigenvalue weighted by Gasteiger charge is 2.18. The van der Waals surface area contributed by atoms with E-state index in [-0.39, 0.29) is 0 Å². The monoisotopic (exact) mass is 539 g/mol. The van der Waals surface area contributed by atoms with E-state index in [1.54, 1.807) is 18.9 Å². The van der Waals surface area contributed by atoms with Crippen LogP contribution in [0.5, 0.6) is 5.75 Å². The number of hydrogen-bond acceptors (Lipinski definition) is 8. The standard InChI is InChI=1S/C20H26IN7OS/c1-29-14-3-4-15(21)16(11-14)30-20-27-17-18(22)25-12-26-19(17)28(20)10-2-7-24-13-5-8-23-9-6-13/h3-4,11-13,23-24H,2,5-10H2,1H3,(H2,22,25,26). The molecule has 1 saturated heterocycles. The molecule has 4 N–H and O–H groups in total. The molecule has 3 heterocycles. The Balaban J connectivity index is 1.54. The average molecular weight is 539 g/mol. The van der Waals surface area contributed by atoms with Crippen LogP contribution in [0.1, 0.15) is 19.3 Å². The van der Waals surface area contributed by atoms with Crippen LogP contribution in [0.2, 0.25) is 0 Å². The van der Waals surface area contributed by atoms with Crippen molar-refractivity contribution in [3.63, 3.8) is 0 Å². The van der Waals surface area contributed by atoms with Crippen molar-refractivity contribution >= 4 is 51.3 Å². The van der Waals surface area contributed by atoms with Crippen LogP contribution >= 0.6 is 34.4 Å². The summed E-state index contributed by atoms with van der Waals surface area (Å²) in [5.41, 5.74) is 7.52. The number of aromatic nitrogens is 4. The van der Waals surface area contributed by atoms with E-state index in [1.807, 2.05) is 18.2 Å². The molecule has 10 heteroatoms. The van der Waals surface area contributed by atoms with Crippen LogP contribution < -0.4 is 21.1 Å². The quantitative estimate of drug-likeness (QED) is 0.297. The summed E-state index contributed by atoms with van der Waals surface area (Å²) in [6.45, 7) is 3.97. The van der Waals surface area contributed by atoms with Crippen LogP contribution in [0.15, 0.2) is 34.6 Å². The van der Waals surface area contributed by atoms with Crippen LogP contribution in [0.25, 0.3) is 11.2 Å². The fourth-order valence-corrected chi connectivity index (χ4v) is 5.20. The normalized spacial score (nSPS) is 15.0. The number of nitrogen functional groups attached to an aromatic ring is 1. The number of imidazole rings is 1. The molecule has 4 rings (SSSR count). The summed E-state index contributed by atoms with van der Waals surface area (Å²) in [7, 11) is 1.68. The summed E-state index contributed by atoms with van der Waals surface area (Å²) >= 11 is 3.94. The third kappa shape index (κ3) is 4.98. The largest absolute Gasteiger partial charge is 0.497 e. The smallest absolute Gasteiger partial charge is 0.175 e. The van der Waals surface area contributed by atoms with Crippen molar-refractivity contribution in [2.75, 3.05) is 32.5 Å². The molecule has 8 nitrogen and oxygen atoms in total. The number of anilines is 1. The molecule has 1 aromatic carbocycles. The maximum absolute atomic E-state index is 6.08. The molecule has 0 aliphatic carbocycles. The molecule has 1 fully saturated rings. The zero-order valence-corrected chi connectivity index (χ0v) is 19.9. The highest BCUT2D eigenvalue weighted by atomic mass is 127. The van der Waals surface area contributed by atoms with Crippen LogP contribution in [0, 0.1) is 3.57 Å². The van der Waals surface area contributed by atoms with E-state index in [9.17, 15) is 0 Å². The van der Waals surface area contributed by atoms with E-state index in [1.165, 1.54) is 19.2 Å². The van der Waals surface area contributed by atoms with E-state index in [4.69, 9.17) is 15.5 Å². The number of ether oxygens (including phenoxy) is 1. The van der Waals surface area contributed by atoms with E-state index in [0.717, 1.165) is 57.6 Å². The number of benzene rings is 1. The van der Waals surface area contributed by atoms with Gasteiger partial charge in [0.1, 0.15) is 12.1 Å². The zero-order chi connectivity index (χ0) is 20.9. The van der Waals surface area contributed by atoms with Crippen molar-refractivity contribution in [1.82, 2.24) is 30.2 Å². The van der Waals surface area contributed by atoms with Gasteiger partial charge in [-0.15, -0.1) is 0 Å². The minimum Gasteiger partial charge on any atom is -0.497 e. The minimum atomic E-state index is 0.411. The molecular weight excluding hydrogens is 513 g/mol. The molecule has 0 spiro atoms. The first-order valence-corrected chi connectivity index (χ1v) is 12.0. The molecular formula is C20H26IN7OS. The fraction of sp³-hybridized carbons (Fsp3) is 0.450. The van der Waals surface area contributed by atoms with Gasteiger partial charge < -0.3 is 25.7 Å². The second-order valence-corrected chi connectivity index (χ2v) is 9.38. The van der Waals surface area contributed by atoms with E-state index in [0.29, 0.717) is 17.4 Å². The molecule has 0 amide bonds. The molecule has 3 aromatic rings. The third-order valence-corrected chi connectivity index (χ3v) is 7.55. The van der Waals surface area contributed by atoms with Gasteiger partial charge in [-0.3, -0.25) is 0 Å². The van der Waals surface area contributed by atoms with E-state index in [2.05, 4.69) is 47.8 Å². The molecule has 160 valence electrons. The second kappa shape index (κ2) is 10.1. The highest BCUT2D eigenvalue weighted by molar-refractivity contribution is 14.1. The highest BCUT2D eigenvalue weighted by Crippen LogP contribution is 2.35. The number of aryl methyl sites for hydroxylation is 1. The van der Waals surface area contributed by atoms with Gasteiger partial charge in [-0.1, -0.05) is 11.8 Å². The molecule has 1 aliphatic heterocycles. The lowest BCUT2D eigenvalue weighted by atomic mass is 10.1. The number of nitrogens with two attached hydrogens (primary N) is 1. The van der Waals surface area contributed by atoms with Crippen molar-refractivity contribution in [1.29, 1.82) is 0 Å². The molecule has 2 aromatic heterocycles. The Morgan fingerprint density at radius 1 is 1.33 bits per heavy atom. The van der Waals surface area contributed by atoms with Gasteiger partial charge in [0.25, 0.3) is 0 Å². The van der Waals surface area contributed by atoms with Crippen molar-refractivity contribution in [2.24, 2.45) is 0 Å². The van der Waals surface area contributed by atoms with Gasteiger partial charge in [0.2, 0.25) is 0 Å². The number of methoxy groups -OCH3 is 1. The predicted octanol–water partition coefficient (Wildman–Crippen LogP) is 2.90. The van der Waals surface area contributed by atoms with Gasteiger partial charge in [-0.2, -0.15) is 0 Å². The summed E-state index contributed by atoms with van der Waals surface area (Å²) in [6, 6.07) is 6.65. The van der Waals surface area contributed by atoms with Crippen molar-refractivity contribution in [2.45, 2.75) is 41.9 Å². The number of nitrogens with zero attached hydrogens (tertiary/aromatic N) is 4. The van der Waals surface area contributed by atoms with Crippen LogP contribution in [-0.2, 0) is 6.54 Å². The van der Waals surface area contributed by atoms with Gasteiger partial charge in [0.15, 0.2) is 22.1 Å². The van der Waals surface area contributed by atoms with Crippen molar-refractivity contribution < 1.29 is 4.74 Å². The molecule has 1 aliphatic rings. The molecule has 0 radical (unpaired) electrons. The lowest BCUT2D eigenvalue weighted by molar-refractivity contribution is 0.381. The SMILES string of the molecule is COc1ccc(I)c(Sc2nc3c(N)ncnc3n2CCCNC2CCNCC2)c1.